The molecule has 2 aliphatic rings. The van der Waals surface area contributed by atoms with Crippen LogP contribution >= 0.6 is 0 Å². The van der Waals surface area contributed by atoms with Crippen molar-refractivity contribution in [2.24, 2.45) is 5.92 Å². The SMILES string of the molecule is O=C(CCc1ncc(-c2ccc(F)cc2)o1)N1CCN(C(=O)C2CCCC2)CC1. The topological polar surface area (TPSA) is 66.7 Å². The van der Waals surface area contributed by atoms with Gasteiger partial charge < -0.3 is 14.2 Å². The van der Waals surface area contributed by atoms with E-state index in [1.165, 1.54) is 12.1 Å². The Morgan fingerprint density at radius 3 is 2.38 bits per heavy atom. The fraction of sp³-hybridized carbons (Fsp3) is 0.500. The molecule has 0 spiro atoms. The fourth-order valence-electron chi connectivity index (χ4n) is 4.15. The average Bonchev–Trinajstić information content (AvgIpc) is 3.44. The summed E-state index contributed by atoms with van der Waals surface area (Å²) in [6, 6.07) is 6.02. The molecule has 4 rings (SSSR count). The maximum Gasteiger partial charge on any atom is 0.225 e. The van der Waals surface area contributed by atoms with Crippen LogP contribution in [0.5, 0.6) is 0 Å². The molecule has 1 saturated carbocycles. The van der Waals surface area contributed by atoms with Gasteiger partial charge in [0, 0.05) is 50.5 Å². The predicted octanol–water partition coefficient (Wildman–Crippen LogP) is 3.27. The number of nitrogens with zero attached hydrogens (tertiary/aromatic N) is 3. The highest BCUT2D eigenvalue weighted by Crippen LogP contribution is 2.27. The van der Waals surface area contributed by atoms with E-state index in [-0.39, 0.29) is 23.5 Å². The summed E-state index contributed by atoms with van der Waals surface area (Å²) >= 11 is 0. The van der Waals surface area contributed by atoms with Gasteiger partial charge >= 0.3 is 0 Å². The maximum absolute atomic E-state index is 13.0. The normalized spacial score (nSPS) is 17.7. The van der Waals surface area contributed by atoms with Crippen molar-refractivity contribution in [3.05, 3.63) is 42.2 Å². The number of piperazine rings is 1. The molecule has 0 atom stereocenters. The van der Waals surface area contributed by atoms with Crippen LogP contribution in [0.25, 0.3) is 11.3 Å². The Hall–Kier alpha value is -2.70. The van der Waals surface area contributed by atoms with Crippen LogP contribution < -0.4 is 0 Å². The van der Waals surface area contributed by atoms with Gasteiger partial charge in [-0.15, -0.1) is 0 Å². The van der Waals surface area contributed by atoms with E-state index in [4.69, 9.17) is 4.42 Å². The molecule has 1 aliphatic heterocycles. The summed E-state index contributed by atoms with van der Waals surface area (Å²) < 4.78 is 18.7. The van der Waals surface area contributed by atoms with Crippen LogP contribution in [0.15, 0.2) is 34.9 Å². The van der Waals surface area contributed by atoms with E-state index in [9.17, 15) is 14.0 Å². The quantitative estimate of drug-likeness (QED) is 0.774. The number of hydrogen-bond acceptors (Lipinski definition) is 4. The minimum atomic E-state index is -0.302. The number of aryl methyl sites for hydroxylation is 1. The summed E-state index contributed by atoms with van der Waals surface area (Å²) in [5, 5.41) is 0. The zero-order valence-corrected chi connectivity index (χ0v) is 16.5. The number of carbonyl (C=O) groups excluding carboxylic acids is 2. The number of rotatable bonds is 5. The van der Waals surface area contributed by atoms with Crippen LogP contribution in [0.1, 0.15) is 38.0 Å². The van der Waals surface area contributed by atoms with Crippen molar-refractivity contribution in [1.29, 1.82) is 0 Å². The van der Waals surface area contributed by atoms with E-state index in [2.05, 4.69) is 4.98 Å². The Morgan fingerprint density at radius 1 is 1.03 bits per heavy atom. The summed E-state index contributed by atoms with van der Waals surface area (Å²) in [4.78, 5) is 33.0. The third-order valence-corrected chi connectivity index (χ3v) is 5.88. The van der Waals surface area contributed by atoms with Crippen molar-refractivity contribution in [2.45, 2.75) is 38.5 Å². The summed E-state index contributed by atoms with van der Waals surface area (Å²) in [5.41, 5.74) is 0.750. The molecule has 1 saturated heterocycles. The molecular weight excluding hydrogens is 373 g/mol. The van der Waals surface area contributed by atoms with E-state index >= 15 is 0 Å². The lowest BCUT2D eigenvalue weighted by Gasteiger charge is -2.36. The molecule has 2 amide bonds. The largest absolute Gasteiger partial charge is 0.441 e. The number of aromatic nitrogens is 1. The molecule has 0 radical (unpaired) electrons. The molecule has 1 aromatic heterocycles. The van der Waals surface area contributed by atoms with Gasteiger partial charge in [0.15, 0.2) is 11.7 Å². The van der Waals surface area contributed by atoms with E-state index < -0.39 is 0 Å². The molecule has 1 aromatic carbocycles. The second-order valence-electron chi connectivity index (χ2n) is 7.81. The molecule has 2 aromatic rings. The highest BCUT2D eigenvalue weighted by atomic mass is 19.1. The molecule has 0 N–H and O–H groups in total. The van der Waals surface area contributed by atoms with Crippen LogP contribution in [0.3, 0.4) is 0 Å². The van der Waals surface area contributed by atoms with Gasteiger partial charge in [-0.2, -0.15) is 0 Å². The summed E-state index contributed by atoms with van der Waals surface area (Å²) in [5.74, 6) is 1.27. The predicted molar refractivity (Wildman–Crippen MR) is 105 cm³/mol. The number of oxazole rings is 1. The van der Waals surface area contributed by atoms with Crippen LogP contribution in [-0.4, -0.2) is 52.8 Å². The summed E-state index contributed by atoms with van der Waals surface area (Å²) in [6.45, 7) is 2.41. The standard InChI is InChI=1S/C22H26FN3O3/c23-18-7-5-16(6-8-18)19-15-24-20(29-19)9-10-21(27)25-11-13-26(14-12-25)22(28)17-3-1-2-4-17/h5-8,15,17H,1-4,9-14H2. The summed E-state index contributed by atoms with van der Waals surface area (Å²) in [6.07, 6.45) is 6.65. The molecule has 154 valence electrons. The lowest BCUT2D eigenvalue weighted by molar-refractivity contribution is -0.142. The molecule has 0 bridgehead atoms. The maximum atomic E-state index is 13.0. The first-order chi connectivity index (χ1) is 14.1. The Morgan fingerprint density at radius 2 is 1.69 bits per heavy atom. The first kappa shape index (κ1) is 19.6. The van der Waals surface area contributed by atoms with Crippen molar-refractivity contribution in [1.82, 2.24) is 14.8 Å². The molecular formula is C22H26FN3O3. The first-order valence-corrected chi connectivity index (χ1v) is 10.4. The van der Waals surface area contributed by atoms with Crippen molar-refractivity contribution >= 4 is 11.8 Å². The number of hydrogen-bond donors (Lipinski definition) is 0. The number of carbonyl (C=O) groups is 2. The minimum Gasteiger partial charge on any atom is -0.441 e. The Labute approximate surface area is 169 Å². The molecule has 2 fully saturated rings. The summed E-state index contributed by atoms with van der Waals surface area (Å²) in [7, 11) is 0. The van der Waals surface area contributed by atoms with Gasteiger partial charge in [0.25, 0.3) is 0 Å². The monoisotopic (exact) mass is 399 g/mol. The van der Waals surface area contributed by atoms with E-state index in [0.29, 0.717) is 50.7 Å². The van der Waals surface area contributed by atoms with Gasteiger partial charge in [0.1, 0.15) is 5.82 Å². The number of amides is 2. The molecule has 2 heterocycles. The average molecular weight is 399 g/mol. The smallest absolute Gasteiger partial charge is 0.225 e. The van der Waals surface area contributed by atoms with Gasteiger partial charge in [-0.25, -0.2) is 9.37 Å². The second kappa shape index (κ2) is 8.76. The Bertz CT molecular complexity index is 850. The Kier molecular flexibility index (Phi) is 5.92. The molecule has 1 aliphatic carbocycles. The third kappa shape index (κ3) is 4.66. The zero-order chi connectivity index (χ0) is 20.2. The van der Waals surface area contributed by atoms with Crippen LogP contribution in [-0.2, 0) is 16.0 Å². The number of halogens is 1. The molecule has 7 heteroatoms. The van der Waals surface area contributed by atoms with Gasteiger partial charge in [-0.3, -0.25) is 9.59 Å². The van der Waals surface area contributed by atoms with E-state index in [1.54, 1.807) is 18.3 Å². The lowest BCUT2D eigenvalue weighted by atomic mass is 10.1. The number of benzene rings is 1. The highest BCUT2D eigenvalue weighted by molar-refractivity contribution is 5.80. The van der Waals surface area contributed by atoms with Crippen LogP contribution in [0.2, 0.25) is 0 Å². The third-order valence-electron chi connectivity index (χ3n) is 5.88. The van der Waals surface area contributed by atoms with Crippen molar-refractivity contribution in [3.8, 4) is 11.3 Å². The molecule has 0 unspecified atom stereocenters. The van der Waals surface area contributed by atoms with Crippen molar-refractivity contribution in [3.63, 3.8) is 0 Å². The Balaban J connectivity index is 1.24. The molecule has 6 nitrogen and oxygen atoms in total. The van der Waals surface area contributed by atoms with Gasteiger partial charge in [0.2, 0.25) is 11.8 Å². The fourth-order valence-corrected chi connectivity index (χ4v) is 4.15. The van der Waals surface area contributed by atoms with Gasteiger partial charge in [0.05, 0.1) is 6.20 Å². The van der Waals surface area contributed by atoms with Crippen LogP contribution in [0, 0.1) is 11.7 Å². The minimum absolute atomic E-state index is 0.0551. The van der Waals surface area contributed by atoms with Crippen molar-refractivity contribution < 1.29 is 18.4 Å². The van der Waals surface area contributed by atoms with Gasteiger partial charge in [-0.1, -0.05) is 12.8 Å². The lowest BCUT2D eigenvalue weighted by Crippen LogP contribution is -2.51. The molecule has 29 heavy (non-hydrogen) atoms. The highest BCUT2D eigenvalue weighted by Gasteiger charge is 2.30. The first-order valence-electron chi connectivity index (χ1n) is 10.4. The zero-order valence-electron chi connectivity index (χ0n) is 16.5. The second-order valence-corrected chi connectivity index (χ2v) is 7.81. The van der Waals surface area contributed by atoms with E-state index in [1.807, 2.05) is 9.80 Å². The van der Waals surface area contributed by atoms with Crippen molar-refractivity contribution in [2.75, 3.05) is 26.2 Å². The van der Waals surface area contributed by atoms with Gasteiger partial charge in [-0.05, 0) is 37.1 Å². The van der Waals surface area contributed by atoms with Crippen LogP contribution in [0.4, 0.5) is 4.39 Å². The van der Waals surface area contributed by atoms with E-state index in [0.717, 1.165) is 31.2 Å².